The number of esters is 3. The fraction of sp³-hybridized carbons (Fsp3) is 0.667. The number of carbonyl (C=O) groups excluding carboxylic acids is 3. The van der Waals surface area contributed by atoms with Gasteiger partial charge in [0.15, 0.2) is 6.10 Å². The third-order valence-electron chi connectivity index (χ3n) is 17.9. The average Bonchev–Trinajstić information content (AvgIpc) is 0.906. The van der Waals surface area contributed by atoms with Gasteiger partial charge in [-0.05, 0) is 154 Å². The number of hydrogen-bond donors (Lipinski definition) is 4. The number of ether oxygens (including phenoxy) is 3. The SMILES string of the molecule is CC/C=C\C/C=C\C/C=C\C/C=C\C/C=C\C/C=C\CCCCCCCCCCC(=O)OCC(COP(=O)(O)OCC(O)COP(=O)(O)OCC(O)COC(=O)CCCCCCCCCCCCCCCCC/C=C\C/C=C\C/C=C\C/C=C\CCCCC)OC(=O)CCCCCC/C=C\C/C=C\C/C=C\C/C=C\CC. The first kappa shape index (κ1) is 106. The molecular weight excluding hydrogens is 1430 g/mol. The molecule has 5 atom stereocenters. The van der Waals surface area contributed by atoms with Crippen LogP contribution in [0.25, 0.3) is 0 Å². The Morgan fingerprint density at radius 3 is 0.757 bits per heavy atom. The molecule has 5 unspecified atom stereocenters. The van der Waals surface area contributed by atoms with Gasteiger partial charge in [-0.1, -0.05) is 339 Å². The van der Waals surface area contributed by atoms with Crippen LogP contribution in [0.5, 0.6) is 0 Å². The Bertz CT molecular complexity index is 2700. The molecule has 0 saturated carbocycles. The van der Waals surface area contributed by atoms with Gasteiger partial charge in [0.25, 0.3) is 0 Å². The molecule has 0 amide bonds. The van der Waals surface area contributed by atoms with Crippen LogP contribution in [0.4, 0.5) is 0 Å². The number of rotatable bonds is 81. The van der Waals surface area contributed by atoms with Crippen LogP contribution in [0.15, 0.2) is 170 Å². The molecule has 111 heavy (non-hydrogen) atoms. The van der Waals surface area contributed by atoms with Crippen molar-refractivity contribution in [1.82, 2.24) is 0 Å². The quantitative estimate of drug-likeness (QED) is 0.0146. The predicted octanol–water partition coefficient (Wildman–Crippen LogP) is 26.3. The smallest absolute Gasteiger partial charge is 0.463 e. The molecule has 0 aliphatic rings. The zero-order chi connectivity index (χ0) is 80.8. The van der Waals surface area contributed by atoms with Crippen molar-refractivity contribution in [2.24, 2.45) is 0 Å². The molecule has 0 aromatic rings. The maximum Gasteiger partial charge on any atom is 0.472 e. The van der Waals surface area contributed by atoms with Crippen molar-refractivity contribution in [1.29, 1.82) is 0 Å². The van der Waals surface area contributed by atoms with Crippen molar-refractivity contribution in [3.8, 4) is 0 Å². The normalized spacial score (nSPS) is 14.7. The molecule has 634 valence electrons. The number of phosphoric acid groups is 2. The highest BCUT2D eigenvalue weighted by Crippen LogP contribution is 2.45. The second-order valence-corrected chi connectivity index (χ2v) is 31.5. The van der Waals surface area contributed by atoms with Crippen LogP contribution in [-0.2, 0) is 55.8 Å². The molecule has 0 radical (unpaired) electrons. The third-order valence-corrected chi connectivity index (χ3v) is 19.8. The Kier molecular flexibility index (Phi) is 80.4. The first-order valence-corrected chi connectivity index (χ1v) is 46.4. The summed E-state index contributed by atoms with van der Waals surface area (Å²) >= 11 is 0. The standard InChI is InChI=1S/C93H156O16P2/c1-4-7-10-13-16-19-22-25-28-31-33-35-37-39-41-42-43-44-46-48-49-51-53-56-58-61-64-67-70-73-76-79-91(96)103-82-88(94)83-105-110(99,100)106-84-89(95)85-107-111(101,102)108-87-90(109-93(98)81-78-75-72-69-66-63-60-55-30-27-24-21-18-15-12-9-6-3)86-104-92(97)80-77-74-71-68-65-62-59-57-54-52-50-47-45-40-38-36-34-32-29-26-23-20-17-14-11-8-5-2/h8-9,11-12,16-21,25-30,33-36,39-41,45,50,52,60,63,88-90,94-95H,4-7,10,13-15,22-24,31-32,37-38,42-44,46-49,51,53-59,61-62,64-87H2,1-3H3,(H,99,100)(H,101,102)/b11-8-,12-9-,19-16-,20-17-,21-18-,28-25-,29-26-,30-27-,35-33-,36-34-,41-39-,45-40-,52-50-,63-60-. The predicted molar refractivity (Wildman–Crippen MR) is 463 cm³/mol. The lowest BCUT2D eigenvalue weighted by Gasteiger charge is -2.21. The number of carbonyl (C=O) groups is 3. The summed E-state index contributed by atoms with van der Waals surface area (Å²) in [6.07, 6.45) is 108. The van der Waals surface area contributed by atoms with Gasteiger partial charge in [-0.15, -0.1) is 0 Å². The van der Waals surface area contributed by atoms with Gasteiger partial charge in [0.1, 0.15) is 25.4 Å². The number of unbranched alkanes of at least 4 members (excludes halogenated alkanes) is 30. The zero-order valence-corrected chi connectivity index (χ0v) is 71.4. The van der Waals surface area contributed by atoms with Crippen LogP contribution in [0.2, 0.25) is 0 Å². The second kappa shape index (κ2) is 84.3. The van der Waals surface area contributed by atoms with E-state index in [4.69, 9.17) is 32.3 Å². The molecule has 0 fully saturated rings. The molecule has 0 aliphatic carbocycles. The van der Waals surface area contributed by atoms with E-state index in [0.717, 1.165) is 173 Å². The van der Waals surface area contributed by atoms with Gasteiger partial charge in [-0.2, -0.15) is 0 Å². The van der Waals surface area contributed by atoms with Crippen molar-refractivity contribution in [2.45, 2.75) is 360 Å². The lowest BCUT2D eigenvalue weighted by atomic mass is 10.0. The van der Waals surface area contributed by atoms with E-state index in [1.807, 2.05) is 0 Å². The van der Waals surface area contributed by atoms with E-state index in [1.54, 1.807) is 0 Å². The minimum Gasteiger partial charge on any atom is -0.463 e. The summed E-state index contributed by atoms with van der Waals surface area (Å²) in [4.78, 5) is 58.8. The van der Waals surface area contributed by atoms with Crippen molar-refractivity contribution in [2.75, 3.05) is 39.6 Å². The van der Waals surface area contributed by atoms with Crippen molar-refractivity contribution >= 4 is 33.6 Å². The fourth-order valence-electron chi connectivity index (χ4n) is 11.4. The Balaban J connectivity index is 4.57. The molecule has 0 bridgehead atoms. The van der Waals surface area contributed by atoms with Crippen molar-refractivity contribution in [3.05, 3.63) is 170 Å². The van der Waals surface area contributed by atoms with Crippen LogP contribution in [0.3, 0.4) is 0 Å². The van der Waals surface area contributed by atoms with E-state index in [1.165, 1.54) is 109 Å². The first-order chi connectivity index (χ1) is 54.2. The number of aliphatic hydroxyl groups excluding tert-OH is 2. The molecule has 0 rings (SSSR count). The summed E-state index contributed by atoms with van der Waals surface area (Å²) in [5, 5.41) is 20.7. The molecule has 0 spiro atoms. The summed E-state index contributed by atoms with van der Waals surface area (Å²) in [6, 6.07) is 0. The summed E-state index contributed by atoms with van der Waals surface area (Å²) < 4.78 is 61.3. The maximum atomic E-state index is 13.0. The Morgan fingerprint density at radius 1 is 0.261 bits per heavy atom. The van der Waals surface area contributed by atoms with Crippen LogP contribution < -0.4 is 0 Å². The van der Waals surface area contributed by atoms with Crippen LogP contribution >= 0.6 is 15.6 Å². The highest BCUT2D eigenvalue weighted by atomic mass is 31.2. The second-order valence-electron chi connectivity index (χ2n) is 28.6. The number of aliphatic hydroxyl groups is 2. The Hall–Kier alpha value is -5.09. The van der Waals surface area contributed by atoms with Gasteiger partial charge in [-0.3, -0.25) is 32.5 Å². The molecule has 18 heteroatoms. The van der Waals surface area contributed by atoms with Crippen LogP contribution in [0.1, 0.15) is 342 Å². The average molecular weight is 1590 g/mol. The van der Waals surface area contributed by atoms with Crippen LogP contribution in [-0.4, -0.2) is 95.9 Å². The highest BCUT2D eigenvalue weighted by Gasteiger charge is 2.29. The summed E-state index contributed by atoms with van der Waals surface area (Å²) in [5.41, 5.74) is 0. The zero-order valence-electron chi connectivity index (χ0n) is 69.6. The van der Waals surface area contributed by atoms with Gasteiger partial charge >= 0.3 is 33.6 Å². The van der Waals surface area contributed by atoms with Crippen molar-refractivity contribution < 1.29 is 75.8 Å². The molecule has 4 N–H and O–H groups in total. The van der Waals surface area contributed by atoms with E-state index < -0.39 is 91.5 Å². The van der Waals surface area contributed by atoms with Gasteiger partial charge in [0, 0.05) is 19.3 Å². The number of hydrogen-bond acceptors (Lipinski definition) is 14. The summed E-state index contributed by atoms with van der Waals surface area (Å²) in [5.74, 6) is -1.61. The van der Waals surface area contributed by atoms with Gasteiger partial charge in [0.05, 0.1) is 26.4 Å². The summed E-state index contributed by atoms with van der Waals surface area (Å²) in [7, 11) is -9.82. The van der Waals surface area contributed by atoms with Gasteiger partial charge < -0.3 is 34.2 Å². The number of allylic oxidation sites excluding steroid dienone is 28. The topological polar surface area (TPSA) is 231 Å². The molecule has 0 heterocycles. The van der Waals surface area contributed by atoms with E-state index >= 15 is 0 Å². The third kappa shape index (κ3) is 85.6. The van der Waals surface area contributed by atoms with Gasteiger partial charge in [0.2, 0.25) is 0 Å². The van der Waals surface area contributed by atoms with Crippen molar-refractivity contribution in [3.63, 3.8) is 0 Å². The van der Waals surface area contributed by atoms with E-state index in [2.05, 4.69) is 191 Å². The molecule has 0 aliphatic heterocycles. The molecule has 0 saturated heterocycles. The maximum absolute atomic E-state index is 13.0. The van der Waals surface area contributed by atoms with E-state index in [9.17, 15) is 43.5 Å². The number of phosphoric ester groups is 2. The first-order valence-electron chi connectivity index (χ1n) is 43.4. The fourth-order valence-corrected chi connectivity index (χ4v) is 13.0. The minimum absolute atomic E-state index is 0.0691. The molecular formula is C93H156O16P2. The lowest BCUT2D eigenvalue weighted by molar-refractivity contribution is -0.161. The monoisotopic (exact) mass is 1590 g/mol. The van der Waals surface area contributed by atoms with Gasteiger partial charge in [-0.25, -0.2) is 9.13 Å². The van der Waals surface area contributed by atoms with Crippen LogP contribution in [0, 0.1) is 0 Å². The minimum atomic E-state index is -4.95. The molecule has 0 aromatic carbocycles. The molecule has 0 aromatic heterocycles. The van der Waals surface area contributed by atoms with E-state index in [0.29, 0.717) is 19.3 Å². The Labute approximate surface area is 675 Å². The largest absolute Gasteiger partial charge is 0.472 e. The lowest BCUT2D eigenvalue weighted by Crippen LogP contribution is -2.30. The molecule has 16 nitrogen and oxygen atoms in total. The highest BCUT2D eigenvalue weighted by molar-refractivity contribution is 7.47. The summed E-state index contributed by atoms with van der Waals surface area (Å²) in [6.45, 7) is 2.40. The van der Waals surface area contributed by atoms with E-state index in [-0.39, 0.29) is 19.3 Å². The Morgan fingerprint density at radius 2 is 0.477 bits per heavy atom.